The number of rotatable bonds is 0. The topological polar surface area (TPSA) is 29.1 Å². The standard InChI is InChI=1S/C13H11NO/c15-13-7-9-5-6-14-8-12(9)10-3-1-2-4-11(10)13/h1-7,11,14H,8H2. The molecule has 0 aromatic heterocycles. The molecule has 1 aliphatic heterocycles. The summed E-state index contributed by atoms with van der Waals surface area (Å²) in [6.07, 6.45) is 13.6. The Morgan fingerprint density at radius 2 is 2.20 bits per heavy atom. The van der Waals surface area contributed by atoms with Crippen LogP contribution in [0.5, 0.6) is 0 Å². The van der Waals surface area contributed by atoms with Crippen LogP contribution < -0.4 is 5.32 Å². The van der Waals surface area contributed by atoms with Gasteiger partial charge in [-0.2, -0.15) is 0 Å². The molecule has 0 saturated carbocycles. The predicted molar refractivity (Wildman–Crippen MR) is 59.0 cm³/mol. The van der Waals surface area contributed by atoms with Gasteiger partial charge in [-0.05, 0) is 35.1 Å². The van der Waals surface area contributed by atoms with Crippen LogP contribution in [0.3, 0.4) is 0 Å². The van der Waals surface area contributed by atoms with Gasteiger partial charge in [0, 0.05) is 6.54 Å². The summed E-state index contributed by atoms with van der Waals surface area (Å²) in [4.78, 5) is 11.8. The van der Waals surface area contributed by atoms with E-state index >= 15 is 0 Å². The van der Waals surface area contributed by atoms with Crippen LogP contribution in [-0.2, 0) is 4.79 Å². The second-order valence-corrected chi connectivity index (χ2v) is 3.87. The van der Waals surface area contributed by atoms with Crippen molar-refractivity contribution in [3.05, 3.63) is 59.4 Å². The summed E-state index contributed by atoms with van der Waals surface area (Å²) in [7, 11) is 0. The zero-order valence-corrected chi connectivity index (χ0v) is 8.23. The Kier molecular flexibility index (Phi) is 1.75. The largest absolute Gasteiger partial charge is 0.387 e. The average Bonchev–Trinajstić information content (AvgIpc) is 2.30. The first kappa shape index (κ1) is 8.48. The van der Waals surface area contributed by atoms with Gasteiger partial charge in [-0.15, -0.1) is 0 Å². The first-order valence-corrected chi connectivity index (χ1v) is 5.10. The third-order valence-electron chi connectivity index (χ3n) is 2.99. The molecule has 3 aliphatic rings. The van der Waals surface area contributed by atoms with Crippen molar-refractivity contribution in [1.82, 2.24) is 5.32 Å². The maximum Gasteiger partial charge on any atom is 0.167 e. The van der Waals surface area contributed by atoms with Crippen molar-refractivity contribution in [3.63, 3.8) is 0 Å². The molecule has 0 saturated heterocycles. The van der Waals surface area contributed by atoms with Gasteiger partial charge in [0.25, 0.3) is 0 Å². The van der Waals surface area contributed by atoms with E-state index in [1.807, 2.05) is 36.6 Å². The minimum Gasteiger partial charge on any atom is -0.387 e. The van der Waals surface area contributed by atoms with Gasteiger partial charge in [-0.25, -0.2) is 0 Å². The van der Waals surface area contributed by atoms with Gasteiger partial charge in [-0.3, -0.25) is 4.79 Å². The molecule has 0 bridgehead atoms. The molecule has 2 nitrogen and oxygen atoms in total. The number of hydrogen-bond acceptors (Lipinski definition) is 2. The molecule has 0 aromatic carbocycles. The summed E-state index contributed by atoms with van der Waals surface area (Å²) in [5, 5.41) is 3.18. The zero-order valence-electron chi connectivity index (χ0n) is 8.23. The Labute approximate surface area is 88.4 Å². The minimum atomic E-state index is -0.0537. The van der Waals surface area contributed by atoms with Crippen molar-refractivity contribution in [2.45, 2.75) is 0 Å². The smallest absolute Gasteiger partial charge is 0.167 e. The van der Waals surface area contributed by atoms with Crippen LogP contribution in [0.4, 0.5) is 0 Å². The molecule has 2 aliphatic carbocycles. The van der Waals surface area contributed by atoms with Gasteiger partial charge in [0.1, 0.15) is 0 Å². The van der Waals surface area contributed by atoms with Crippen LogP contribution in [0.25, 0.3) is 0 Å². The Morgan fingerprint density at radius 1 is 1.27 bits per heavy atom. The molecular weight excluding hydrogens is 186 g/mol. The van der Waals surface area contributed by atoms with Crippen LogP contribution in [0, 0.1) is 5.92 Å². The van der Waals surface area contributed by atoms with Gasteiger partial charge in [0.15, 0.2) is 5.78 Å². The summed E-state index contributed by atoms with van der Waals surface area (Å²) >= 11 is 0. The number of carbonyl (C=O) groups is 1. The van der Waals surface area contributed by atoms with Crippen molar-refractivity contribution in [3.8, 4) is 0 Å². The maximum absolute atomic E-state index is 11.8. The van der Waals surface area contributed by atoms with Crippen LogP contribution in [0.1, 0.15) is 0 Å². The lowest BCUT2D eigenvalue weighted by Crippen LogP contribution is -2.26. The lowest BCUT2D eigenvalue weighted by molar-refractivity contribution is -0.116. The molecule has 1 heterocycles. The number of carbonyl (C=O) groups excluding carboxylic acids is 1. The molecule has 0 spiro atoms. The highest BCUT2D eigenvalue weighted by Gasteiger charge is 2.27. The highest BCUT2D eigenvalue weighted by Crippen LogP contribution is 2.33. The molecular formula is C13H11NO. The number of allylic oxidation sites excluding steroid dienone is 7. The molecule has 74 valence electrons. The monoisotopic (exact) mass is 197 g/mol. The maximum atomic E-state index is 11.8. The average molecular weight is 197 g/mol. The van der Waals surface area contributed by atoms with E-state index in [4.69, 9.17) is 0 Å². The minimum absolute atomic E-state index is 0.0537. The number of hydrogen-bond donors (Lipinski definition) is 1. The second kappa shape index (κ2) is 3.09. The van der Waals surface area contributed by atoms with E-state index in [0.29, 0.717) is 0 Å². The fourth-order valence-corrected chi connectivity index (χ4v) is 2.24. The van der Waals surface area contributed by atoms with E-state index in [1.54, 1.807) is 6.08 Å². The molecule has 0 amide bonds. The quantitative estimate of drug-likeness (QED) is 0.639. The van der Waals surface area contributed by atoms with Crippen LogP contribution in [0.15, 0.2) is 59.4 Å². The van der Waals surface area contributed by atoms with Crippen molar-refractivity contribution in [2.75, 3.05) is 6.54 Å². The van der Waals surface area contributed by atoms with E-state index in [2.05, 4.69) is 5.32 Å². The van der Waals surface area contributed by atoms with Crippen molar-refractivity contribution in [1.29, 1.82) is 0 Å². The van der Waals surface area contributed by atoms with Gasteiger partial charge in [0.05, 0.1) is 5.92 Å². The van der Waals surface area contributed by atoms with Gasteiger partial charge >= 0.3 is 0 Å². The van der Waals surface area contributed by atoms with Crippen molar-refractivity contribution >= 4 is 5.78 Å². The van der Waals surface area contributed by atoms with E-state index in [0.717, 1.165) is 17.7 Å². The van der Waals surface area contributed by atoms with Crippen molar-refractivity contribution < 1.29 is 4.79 Å². The van der Waals surface area contributed by atoms with Gasteiger partial charge < -0.3 is 5.32 Å². The Balaban J connectivity index is 2.18. The zero-order chi connectivity index (χ0) is 10.3. The molecule has 1 N–H and O–H groups in total. The third-order valence-corrected chi connectivity index (χ3v) is 2.99. The molecule has 1 unspecified atom stereocenters. The first-order chi connectivity index (χ1) is 7.36. The van der Waals surface area contributed by atoms with Crippen LogP contribution in [0.2, 0.25) is 0 Å². The van der Waals surface area contributed by atoms with Gasteiger partial charge in [-0.1, -0.05) is 24.3 Å². The highest BCUT2D eigenvalue weighted by molar-refractivity contribution is 6.00. The van der Waals surface area contributed by atoms with Gasteiger partial charge in [0.2, 0.25) is 0 Å². The molecule has 0 fully saturated rings. The fraction of sp³-hybridized carbons (Fsp3) is 0.154. The molecule has 15 heavy (non-hydrogen) atoms. The van der Waals surface area contributed by atoms with E-state index in [1.165, 1.54) is 5.57 Å². The van der Waals surface area contributed by atoms with E-state index in [-0.39, 0.29) is 11.7 Å². The molecule has 0 radical (unpaired) electrons. The fourth-order valence-electron chi connectivity index (χ4n) is 2.24. The number of ketones is 1. The molecule has 3 rings (SSSR count). The molecule has 1 atom stereocenters. The third kappa shape index (κ3) is 1.22. The van der Waals surface area contributed by atoms with Crippen LogP contribution >= 0.6 is 0 Å². The Hall–Kier alpha value is -1.83. The van der Waals surface area contributed by atoms with E-state index < -0.39 is 0 Å². The summed E-state index contributed by atoms with van der Waals surface area (Å²) in [5.74, 6) is 0.137. The first-order valence-electron chi connectivity index (χ1n) is 5.10. The number of nitrogens with one attached hydrogen (secondary N) is 1. The summed E-state index contributed by atoms with van der Waals surface area (Å²) in [5.41, 5.74) is 3.46. The summed E-state index contributed by atoms with van der Waals surface area (Å²) in [6.45, 7) is 0.819. The summed E-state index contributed by atoms with van der Waals surface area (Å²) in [6, 6.07) is 0. The summed E-state index contributed by atoms with van der Waals surface area (Å²) < 4.78 is 0. The SMILES string of the molecule is O=C1C=C2C=CNCC2=C2C=CC=CC12. The number of fused-ring (bicyclic) bond motifs is 2. The Morgan fingerprint density at radius 3 is 3.13 bits per heavy atom. The highest BCUT2D eigenvalue weighted by atomic mass is 16.1. The Bertz CT molecular complexity index is 475. The predicted octanol–water partition coefficient (Wildman–Crippen LogP) is 1.65. The van der Waals surface area contributed by atoms with Crippen LogP contribution in [-0.4, -0.2) is 12.3 Å². The van der Waals surface area contributed by atoms with E-state index in [9.17, 15) is 4.79 Å². The normalized spacial score (nSPS) is 27.1. The molecule has 0 aromatic rings. The molecule has 2 heteroatoms. The van der Waals surface area contributed by atoms with Crippen molar-refractivity contribution in [2.24, 2.45) is 5.92 Å². The lowest BCUT2D eigenvalue weighted by atomic mass is 9.79. The second-order valence-electron chi connectivity index (χ2n) is 3.87. The lowest BCUT2D eigenvalue weighted by Gasteiger charge is -2.27.